The number of piperidine rings is 1. The molecule has 34 heavy (non-hydrogen) atoms. The second-order valence-corrected chi connectivity index (χ2v) is 9.69. The first kappa shape index (κ1) is 22.4. The van der Waals surface area contributed by atoms with Crippen molar-refractivity contribution in [3.63, 3.8) is 0 Å². The Bertz CT molecular complexity index is 1230. The fourth-order valence-electron chi connectivity index (χ4n) is 5.59. The average Bonchev–Trinajstić information content (AvgIpc) is 3.54. The van der Waals surface area contributed by atoms with Crippen molar-refractivity contribution >= 4 is 28.6 Å². The van der Waals surface area contributed by atoms with E-state index in [1.54, 1.807) is 12.1 Å². The molecule has 2 N–H and O–H groups in total. The van der Waals surface area contributed by atoms with E-state index < -0.39 is 5.97 Å². The molecule has 3 aromatic rings. The molecule has 0 spiro atoms. The van der Waals surface area contributed by atoms with Crippen molar-refractivity contribution in [2.24, 2.45) is 5.92 Å². The van der Waals surface area contributed by atoms with Crippen LogP contribution in [0.4, 0.5) is 0 Å². The number of carbonyl (C=O) groups excluding carboxylic acids is 2. The van der Waals surface area contributed by atoms with Crippen molar-refractivity contribution in [1.82, 2.24) is 9.88 Å². The smallest absolute Gasteiger partial charge is 0.335 e. The maximum Gasteiger partial charge on any atom is 0.335 e. The zero-order valence-corrected chi connectivity index (χ0v) is 19.3. The Balaban J connectivity index is 1.29. The van der Waals surface area contributed by atoms with E-state index in [1.807, 2.05) is 12.1 Å². The van der Waals surface area contributed by atoms with Gasteiger partial charge in [0.25, 0.3) is 0 Å². The third-order valence-electron chi connectivity index (χ3n) is 7.53. The van der Waals surface area contributed by atoms with Gasteiger partial charge < -0.3 is 15.0 Å². The number of aromatic amines is 1. The average molecular weight is 459 g/mol. The maximum atomic E-state index is 12.8. The minimum atomic E-state index is -1.04. The Morgan fingerprint density at radius 3 is 2.41 bits per heavy atom. The molecule has 176 valence electrons. The van der Waals surface area contributed by atoms with Crippen molar-refractivity contribution < 1.29 is 19.5 Å². The molecule has 1 amide bonds. The van der Waals surface area contributed by atoms with Crippen LogP contribution in [0.15, 0.2) is 48.7 Å². The summed E-state index contributed by atoms with van der Waals surface area (Å²) in [5.41, 5.74) is 3.74. The van der Waals surface area contributed by atoms with Gasteiger partial charge in [-0.25, -0.2) is 4.79 Å². The minimum absolute atomic E-state index is 0.0988. The molecule has 6 nitrogen and oxygen atoms in total. The van der Waals surface area contributed by atoms with Crippen LogP contribution in [-0.4, -0.2) is 45.7 Å². The number of nitrogens with one attached hydrogen (secondary N) is 1. The third-order valence-corrected chi connectivity index (χ3v) is 7.53. The molecular weight excluding hydrogens is 428 g/mol. The molecule has 2 fully saturated rings. The number of ketones is 1. The molecule has 1 aliphatic heterocycles. The van der Waals surface area contributed by atoms with Crippen molar-refractivity contribution in [3.8, 4) is 0 Å². The van der Waals surface area contributed by atoms with Gasteiger partial charge in [-0.15, -0.1) is 0 Å². The van der Waals surface area contributed by atoms with E-state index in [4.69, 9.17) is 0 Å². The van der Waals surface area contributed by atoms with E-state index in [0.29, 0.717) is 17.4 Å². The lowest BCUT2D eigenvalue weighted by molar-refractivity contribution is -0.136. The summed E-state index contributed by atoms with van der Waals surface area (Å²) in [7, 11) is 0. The first-order valence-electron chi connectivity index (χ1n) is 12.2. The number of hydrogen-bond acceptors (Lipinski definition) is 3. The molecule has 0 bridgehead atoms. The fourth-order valence-corrected chi connectivity index (χ4v) is 5.59. The summed E-state index contributed by atoms with van der Waals surface area (Å²) >= 11 is 0. The molecule has 0 radical (unpaired) electrons. The number of carboxylic acid groups (broad SMARTS) is 1. The van der Waals surface area contributed by atoms with Crippen molar-refractivity contribution in [3.05, 3.63) is 70.9 Å². The topological polar surface area (TPSA) is 90.5 Å². The van der Waals surface area contributed by atoms with E-state index in [2.05, 4.69) is 22.1 Å². The van der Waals surface area contributed by atoms with Gasteiger partial charge in [-0.1, -0.05) is 31.0 Å². The molecular formula is C28H30N2O4. The SMILES string of the molecule is O=C(O)c1cccc(C(=O)Cc2ccc3[nH]cc(C4CCN(C(=O)C5CCCC5)CC4)c3c2)c1. The van der Waals surface area contributed by atoms with Crippen LogP contribution in [0.3, 0.4) is 0 Å². The molecule has 2 heterocycles. The number of amides is 1. The fraction of sp³-hybridized carbons (Fsp3) is 0.393. The van der Waals surface area contributed by atoms with Gasteiger partial charge in [0.15, 0.2) is 5.78 Å². The lowest BCUT2D eigenvalue weighted by atomic mass is 9.88. The summed E-state index contributed by atoms with van der Waals surface area (Å²) < 4.78 is 0. The Hall–Kier alpha value is -3.41. The highest BCUT2D eigenvalue weighted by Gasteiger charge is 2.31. The summed E-state index contributed by atoms with van der Waals surface area (Å²) in [6, 6.07) is 12.2. The molecule has 2 aliphatic rings. The first-order chi connectivity index (χ1) is 16.5. The summed E-state index contributed by atoms with van der Waals surface area (Å²) in [6.45, 7) is 1.62. The summed E-state index contributed by atoms with van der Waals surface area (Å²) in [5.74, 6) is -0.162. The highest BCUT2D eigenvalue weighted by atomic mass is 16.4. The maximum absolute atomic E-state index is 12.8. The number of benzene rings is 2. The molecule has 1 aliphatic carbocycles. The van der Waals surface area contributed by atoms with Gasteiger partial charge in [0, 0.05) is 48.1 Å². The molecule has 0 atom stereocenters. The molecule has 1 saturated carbocycles. The van der Waals surface area contributed by atoms with E-state index in [-0.39, 0.29) is 23.7 Å². The Morgan fingerprint density at radius 1 is 0.941 bits per heavy atom. The lowest BCUT2D eigenvalue weighted by Crippen LogP contribution is -2.40. The molecule has 1 saturated heterocycles. The number of nitrogens with zero attached hydrogens (tertiary/aromatic N) is 1. The Morgan fingerprint density at radius 2 is 1.68 bits per heavy atom. The Kier molecular flexibility index (Phi) is 6.22. The highest BCUT2D eigenvalue weighted by Crippen LogP contribution is 2.35. The predicted octanol–water partition coefficient (Wildman–Crippen LogP) is 5.19. The van der Waals surface area contributed by atoms with Crippen LogP contribution in [0.5, 0.6) is 0 Å². The number of carbonyl (C=O) groups is 3. The predicted molar refractivity (Wildman–Crippen MR) is 130 cm³/mol. The molecule has 1 aromatic heterocycles. The number of likely N-dealkylation sites (tertiary alicyclic amines) is 1. The standard InChI is InChI=1S/C28H30N2O4/c31-26(21-6-3-7-22(16-21)28(33)34)15-18-8-9-25-23(14-18)24(17-29-25)19-10-12-30(13-11-19)27(32)20-4-1-2-5-20/h3,6-9,14,16-17,19-20,29H,1-2,4-5,10-13,15H2,(H,33,34). The number of fused-ring (bicyclic) bond motifs is 1. The number of hydrogen-bond donors (Lipinski definition) is 2. The van der Waals surface area contributed by atoms with E-state index >= 15 is 0 Å². The van der Waals surface area contributed by atoms with Gasteiger partial charge in [-0.2, -0.15) is 0 Å². The molecule has 6 heteroatoms. The summed E-state index contributed by atoms with van der Waals surface area (Å²) in [4.78, 5) is 42.3. The second kappa shape index (κ2) is 9.45. The number of Topliss-reactive ketones (excluding diaryl/α,β-unsaturated/α-hetero) is 1. The zero-order chi connectivity index (χ0) is 23.7. The molecule has 2 aromatic carbocycles. The van der Waals surface area contributed by atoms with Crippen molar-refractivity contribution in [2.75, 3.05) is 13.1 Å². The number of rotatable bonds is 6. The van der Waals surface area contributed by atoms with Crippen LogP contribution >= 0.6 is 0 Å². The molecule has 5 rings (SSSR count). The third kappa shape index (κ3) is 4.49. The van der Waals surface area contributed by atoms with Crippen LogP contribution < -0.4 is 0 Å². The van der Waals surface area contributed by atoms with Crippen molar-refractivity contribution in [1.29, 1.82) is 0 Å². The largest absolute Gasteiger partial charge is 0.478 e. The number of carboxylic acids is 1. The van der Waals surface area contributed by atoms with Gasteiger partial charge >= 0.3 is 5.97 Å². The van der Waals surface area contributed by atoms with Gasteiger partial charge in [-0.05, 0) is 67.0 Å². The highest BCUT2D eigenvalue weighted by molar-refractivity contribution is 6.00. The van der Waals surface area contributed by atoms with E-state index in [1.165, 1.54) is 30.5 Å². The van der Waals surface area contributed by atoms with E-state index in [0.717, 1.165) is 55.2 Å². The number of aromatic carboxylic acids is 1. The van der Waals surface area contributed by atoms with Crippen molar-refractivity contribution in [2.45, 2.75) is 50.9 Å². The summed E-state index contributed by atoms with van der Waals surface area (Å²) in [5, 5.41) is 10.3. The van der Waals surface area contributed by atoms with Gasteiger partial charge in [0.2, 0.25) is 5.91 Å². The number of H-pyrrole nitrogens is 1. The van der Waals surface area contributed by atoms with Crippen LogP contribution in [0.1, 0.15) is 76.3 Å². The number of aromatic nitrogens is 1. The van der Waals surface area contributed by atoms with Crippen LogP contribution in [0.2, 0.25) is 0 Å². The van der Waals surface area contributed by atoms with Crippen LogP contribution in [0, 0.1) is 5.92 Å². The minimum Gasteiger partial charge on any atom is -0.478 e. The normalized spacial score (nSPS) is 17.4. The summed E-state index contributed by atoms with van der Waals surface area (Å²) in [6.07, 6.45) is 8.65. The van der Waals surface area contributed by atoms with Crippen LogP contribution in [-0.2, 0) is 11.2 Å². The van der Waals surface area contributed by atoms with Gasteiger partial charge in [0.05, 0.1) is 5.56 Å². The van der Waals surface area contributed by atoms with E-state index in [9.17, 15) is 19.5 Å². The second-order valence-electron chi connectivity index (χ2n) is 9.69. The first-order valence-corrected chi connectivity index (χ1v) is 12.2. The quantitative estimate of drug-likeness (QED) is 0.498. The zero-order valence-electron chi connectivity index (χ0n) is 19.3. The lowest BCUT2D eigenvalue weighted by Gasteiger charge is -2.33. The van der Waals surface area contributed by atoms with Crippen LogP contribution in [0.25, 0.3) is 10.9 Å². The monoisotopic (exact) mass is 458 g/mol. The Labute approximate surface area is 199 Å². The van der Waals surface area contributed by atoms with Gasteiger partial charge in [0.1, 0.15) is 0 Å². The van der Waals surface area contributed by atoms with Gasteiger partial charge in [-0.3, -0.25) is 9.59 Å². The molecule has 0 unspecified atom stereocenters.